The molecule has 1 aromatic heterocycles. The molecule has 2 atom stereocenters. The predicted octanol–water partition coefficient (Wildman–Crippen LogP) is 3.60. The number of fused-ring (bicyclic) bond motifs is 1. The van der Waals surface area contributed by atoms with Crippen molar-refractivity contribution in [1.29, 1.82) is 0 Å². The van der Waals surface area contributed by atoms with Gasteiger partial charge in [-0.1, -0.05) is 60.7 Å². The van der Waals surface area contributed by atoms with Crippen molar-refractivity contribution < 1.29 is 27.8 Å². The number of rotatable bonds is 9. The van der Waals surface area contributed by atoms with E-state index in [0.717, 1.165) is 0 Å². The van der Waals surface area contributed by atoms with Gasteiger partial charge in [0.25, 0.3) is 5.82 Å². The molecule has 2 aliphatic rings. The summed E-state index contributed by atoms with van der Waals surface area (Å²) in [5, 5.41) is 19.5. The molecule has 1 amide bonds. The smallest absolute Gasteiger partial charge is 0.453 e. The Kier molecular flexibility index (Phi) is 9.34. The van der Waals surface area contributed by atoms with Crippen molar-refractivity contribution in [3.05, 3.63) is 101 Å². The summed E-state index contributed by atoms with van der Waals surface area (Å²) in [4.78, 5) is 19.5. The molecule has 10 nitrogen and oxygen atoms in total. The Morgan fingerprint density at radius 1 is 0.978 bits per heavy atom. The number of piperazine rings is 2. The van der Waals surface area contributed by atoms with Gasteiger partial charge in [0.1, 0.15) is 5.75 Å². The van der Waals surface area contributed by atoms with Crippen LogP contribution in [0.1, 0.15) is 34.9 Å². The van der Waals surface area contributed by atoms with Gasteiger partial charge in [-0.3, -0.25) is 14.6 Å². The van der Waals surface area contributed by atoms with Crippen LogP contribution in [0.3, 0.4) is 0 Å². The average molecular weight is 636 g/mol. The summed E-state index contributed by atoms with van der Waals surface area (Å²) in [6.07, 6.45) is -4.64. The molecule has 6 rings (SSSR count). The Labute approximate surface area is 265 Å². The van der Waals surface area contributed by atoms with Crippen LogP contribution in [0.5, 0.6) is 5.75 Å². The van der Waals surface area contributed by atoms with Gasteiger partial charge < -0.3 is 14.7 Å². The minimum Gasteiger partial charge on any atom is -0.496 e. The second-order valence-electron chi connectivity index (χ2n) is 11.7. The van der Waals surface area contributed by atoms with Gasteiger partial charge in [-0.2, -0.15) is 17.9 Å². The number of aliphatic hydroxyl groups is 1. The molecule has 1 N–H and O–H groups in total. The summed E-state index contributed by atoms with van der Waals surface area (Å²) in [5.74, 6) is -0.720. The van der Waals surface area contributed by atoms with Gasteiger partial charge in [0.2, 0.25) is 5.91 Å². The number of ether oxygens (including phenoxy) is 1. The van der Waals surface area contributed by atoms with Gasteiger partial charge in [-0.15, -0.1) is 5.10 Å². The van der Waals surface area contributed by atoms with Crippen LogP contribution >= 0.6 is 0 Å². The minimum atomic E-state index is -4.72. The van der Waals surface area contributed by atoms with Crippen molar-refractivity contribution in [2.75, 3.05) is 46.4 Å². The van der Waals surface area contributed by atoms with Crippen molar-refractivity contribution in [3.63, 3.8) is 0 Å². The number of hydrogen-bond acceptors (Lipinski definition) is 8. The van der Waals surface area contributed by atoms with E-state index in [1.807, 2.05) is 41.3 Å². The second-order valence-corrected chi connectivity index (χ2v) is 11.7. The molecule has 13 heteroatoms. The third-order valence-corrected chi connectivity index (χ3v) is 8.87. The first kappa shape index (κ1) is 31.6. The van der Waals surface area contributed by atoms with Gasteiger partial charge in [-0.05, 0) is 39.8 Å². The number of aromatic nitrogens is 4. The van der Waals surface area contributed by atoms with E-state index in [9.17, 15) is 23.1 Å². The zero-order valence-electron chi connectivity index (χ0n) is 25.4. The molecule has 4 aromatic rings. The van der Waals surface area contributed by atoms with Gasteiger partial charge >= 0.3 is 6.18 Å². The summed E-state index contributed by atoms with van der Waals surface area (Å²) in [5.41, 5.74) is 3.22. The SMILES string of the molecule is COc1ccc(-n2nnnc2C(F)(F)F)cc1CN1C[C@@H]2CN(C(=O)CCO)CCN2[C@H](C(c2ccccc2)c2ccccc2)C1. The van der Waals surface area contributed by atoms with Crippen LogP contribution in [0.2, 0.25) is 0 Å². The number of hydrogen-bond donors (Lipinski definition) is 1. The topological polar surface area (TPSA) is 99.8 Å². The number of carbonyl (C=O) groups excluding carboxylic acids is 1. The number of benzene rings is 3. The highest BCUT2D eigenvalue weighted by Crippen LogP contribution is 2.37. The highest BCUT2D eigenvalue weighted by atomic mass is 19.4. The van der Waals surface area contributed by atoms with E-state index in [2.05, 4.69) is 49.6 Å². The molecule has 46 heavy (non-hydrogen) atoms. The van der Waals surface area contributed by atoms with Crippen molar-refractivity contribution >= 4 is 5.91 Å². The average Bonchev–Trinajstić information content (AvgIpc) is 3.57. The monoisotopic (exact) mass is 635 g/mol. The lowest BCUT2D eigenvalue weighted by molar-refractivity contribution is -0.146. The Balaban J connectivity index is 1.37. The Hall–Kier alpha value is -4.33. The van der Waals surface area contributed by atoms with Crippen LogP contribution in [-0.2, 0) is 17.5 Å². The lowest BCUT2D eigenvalue weighted by Gasteiger charge is -2.53. The lowest BCUT2D eigenvalue weighted by atomic mass is 9.81. The fourth-order valence-electron chi connectivity index (χ4n) is 6.87. The van der Waals surface area contributed by atoms with Crippen LogP contribution in [0.25, 0.3) is 5.69 Å². The second kappa shape index (κ2) is 13.6. The lowest BCUT2D eigenvalue weighted by Crippen LogP contribution is -2.67. The summed E-state index contributed by atoms with van der Waals surface area (Å²) in [6.45, 7) is 3.26. The number of nitrogens with zero attached hydrogens (tertiary/aromatic N) is 7. The van der Waals surface area contributed by atoms with E-state index in [0.29, 0.717) is 55.3 Å². The van der Waals surface area contributed by atoms with Crippen LogP contribution in [-0.4, -0.2) is 104 Å². The molecule has 0 aliphatic carbocycles. The largest absolute Gasteiger partial charge is 0.496 e. The molecule has 0 bridgehead atoms. The number of aliphatic hydroxyl groups excluding tert-OH is 1. The van der Waals surface area contributed by atoms with Crippen LogP contribution < -0.4 is 4.74 Å². The summed E-state index contributed by atoms with van der Waals surface area (Å²) in [7, 11) is 1.53. The van der Waals surface area contributed by atoms with E-state index in [1.54, 1.807) is 12.1 Å². The van der Waals surface area contributed by atoms with Crippen molar-refractivity contribution in [2.24, 2.45) is 0 Å². The predicted molar refractivity (Wildman–Crippen MR) is 163 cm³/mol. The zero-order chi connectivity index (χ0) is 32.3. The maximum absolute atomic E-state index is 13.6. The number of tetrazole rings is 1. The zero-order valence-corrected chi connectivity index (χ0v) is 25.4. The first-order chi connectivity index (χ1) is 22.3. The van der Waals surface area contributed by atoms with E-state index < -0.39 is 12.0 Å². The molecule has 2 aliphatic heterocycles. The van der Waals surface area contributed by atoms with Crippen molar-refractivity contribution in [3.8, 4) is 11.4 Å². The summed E-state index contributed by atoms with van der Waals surface area (Å²) >= 11 is 0. The molecule has 0 radical (unpaired) electrons. The van der Waals surface area contributed by atoms with E-state index in [-0.39, 0.29) is 42.6 Å². The number of alkyl halides is 3. The molecule has 2 saturated heterocycles. The third kappa shape index (κ3) is 6.62. The minimum absolute atomic E-state index is 0.00408. The molecule has 0 saturated carbocycles. The molecule has 0 unspecified atom stereocenters. The molecular weight excluding hydrogens is 599 g/mol. The van der Waals surface area contributed by atoms with Gasteiger partial charge in [0.15, 0.2) is 0 Å². The van der Waals surface area contributed by atoms with Crippen LogP contribution in [0, 0.1) is 0 Å². The maximum Gasteiger partial charge on any atom is 0.453 e. The fraction of sp³-hybridized carbons (Fsp3) is 0.394. The first-order valence-corrected chi connectivity index (χ1v) is 15.3. The van der Waals surface area contributed by atoms with Crippen LogP contribution in [0.4, 0.5) is 13.2 Å². The molecule has 242 valence electrons. The molecule has 3 heterocycles. The first-order valence-electron chi connectivity index (χ1n) is 15.3. The van der Waals surface area contributed by atoms with E-state index >= 15 is 0 Å². The van der Waals surface area contributed by atoms with Crippen molar-refractivity contribution in [1.82, 2.24) is 34.9 Å². The quantitative estimate of drug-likeness (QED) is 0.298. The number of carbonyl (C=O) groups is 1. The number of halogens is 3. The highest BCUT2D eigenvalue weighted by molar-refractivity contribution is 5.76. The Morgan fingerprint density at radius 3 is 2.30 bits per heavy atom. The Bertz CT molecular complexity index is 1580. The number of amides is 1. The maximum atomic E-state index is 13.6. The van der Waals surface area contributed by atoms with Gasteiger partial charge in [0.05, 0.1) is 19.4 Å². The Morgan fingerprint density at radius 2 is 1.67 bits per heavy atom. The van der Waals surface area contributed by atoms with Gasteiger partial charge in [-0.25, -0.2) is 0 Å². The van der Waals surface area contributed by atoms with Gasteiger partial charge in [0, 0.05) is 69.3 Å². The molecule has 2 fully saturated rings. The number of methoxy groups -OCH3 is 1. The summed E-state index contributed by atoms with van der Waals surface area (Å²) < 4.78 is 47.3. The third-order valence-electron chi connectivity index (χ3n) is 8.87. The molecular formula is C33H36F3N7O3. The van der Waals surface area contributed by atoms with Crippen molar-refractivity contribution in [2.45, 2.75) is 37.1 Å². The van der Waals surface area contributed by atoms with Crippen LogP contribution in [0.15, 0.2) is 78.9 Å². The fourth-order valence-corrected chi connectivity index (χ4v) is 6.87. The molecule has 0 spiro atoms. The molecule has 3 aromatic carbocycles. The van der Waals surface area contributed by atoms with E-state index in [1.165, 1.54) is 24.3 Å². The highest BCUT2D eigenvalue weighted by Gasteiger charge is 2.43. The standard InChI is InChI=1S/C33H36F3N7O3/c1-46-29-13-12-26(43-32(33(34,35)36)37-38-39-43)18-25(29)19-40-20-27-21-41(30(45)14-17-44)15-16-42(27)28(22-40)31(23-8-4-2-5-9-23)24-10-6-3-7-11-24/h2-13,18,27-28,31,44H,14-17,19-22H2,1H3/t27-,28+/m1/s1. The van der Waals surface area contributed by atoms with E-state index in [4.69, 9.17) is 4.74 Å². The summed E-state index contributed by atoms with van der Waals surface area (Å²) in [6, 6.07) is 25.5. The normalized spacial score (nSPS) is 19.3.